The van der Waals surface area contributed by atoms with Crippen molar-refractivity contribution in [1.82, 2.24) is 0 Å². The van der Waals surface area contributed by atoms with Crippen LogP contribution >= 0.6 is 0 Å². The van der Waals surface area contributed by atoms with E-state index < -0.39 is 25.0 Å². The molecule has 1 aromatic carbocycles. The van der Waals surface area contributed by atoms with E-state index >= 15 is 0 Å². The van der Waals surface area contributed by atoms with Crippen LogP contribution in [0.1, 0.15) is 12.5 Å². The van der Waals surface area contributed by atoms with E-state index in [1.54, 1.807) is 12.1 Å². The molecule has 0 aliphatic heterocycles. The van der Waals surface area contributed by atoms with Gasteiger partial charge in [0, 0.05) is 5.69 Å². The molecule has 0 spiro atoms. The van der Waals surface area contributed by atoms with E-state index in [-0.39, 0.29) is 28.0 Å². The third-order valence-electron chi connectivity index (χ3n) is 2.35. The second-order valence-corrected chi connectivity index (χ2v) is 3.58. The molecular formula is C12H19CuNO6+2. The number of anilines is 1. The van der Waals surface area contributed by atoms with E-state index in [1.807, 2.05) is 19.1 Å². The number of carboxylic acid groups (broad SMARTS) is 2. The molecule has 0 fully saturated rings. The summed E-state index contributed by atoms with van der Waals surface area (Å²) >= 11 is 0. The fourth-order valence-electron chi connectivity index (χ4n) is 1.66. The van der Waals surface area contributed by atoms with Gasteiger partial charge >= 0.3 is 17.1 Å². The number of para-hydroxylation sites is 1. The van der Waals surface area contributed by atoms with Crippen LogP contribution in [0, 0.1) is 0 Å². The van der Waals surface area contributed by atoms with Crippen molar-refractivity contribution in [3.63, 3.8) is 0 Å². The van der Waals surface area contributed by atoms with Gasteiger partial charge in [-0.15, -0.1) is 0 Å². The van der Waals surface area contributed by atoms with Crippen LogP contribution in [0.15, 0.2) is 24.3 Å². The summed E-state index contributed by atoms with van der Waals surface area (Å²) in [5.74, 6) is -2.64. The van der Waals surface area contributed by atoms with Gasteiger partial charge in [-0.2, -0.15) is 0 Å². The zero-order chi connectivity index (χ0) is 12.8. The second-order valence-electron chi connectivity index (χ2n) is 3.58. The van der Waals surface area contributed by atoms with Crippen LogP contribution < -0.4 is 15.1 Å². The molecular weight excluding hydrogens is 318 g/mol. The summed E-state index contributed by atoms with van der Waals surface area (Å²) < 4.78 is 0. The molecule has 1 aromatic rings. The van der Waals surface area contributed by atoms with Gasteiger partial charge in [0.15, 0.2) is 0 Å². The van der Waals surface area contributed by atoms with Crippen LogP contribution in [0.2, 0.25) is 0 Å². The molecule has 0 aliphatic carbocycles. The Hall–Kier alpha value is -1.60. The molecule has 1 rings (SSSR count). The first-order valence-corrected chi connectivity index (χ1v) is 5.27. The van der Waals surface area contributed by atoms with Crippen LogP contribution in [0.3, 0.4) is 0 Å². The molecule has 0 bridgehead atoms. The molecule has 117 valence electrons. The van der Waals surface area contributed by atoms with Gasteiger partial charge in [-0.25, -0.2) is 0 Å². The zero-order valence-corrected chi connectivity index (χ0v) is 11.9. The van der Waals surface area contributed by atoms with Crippen molar-refractivity contribution in [1.29, 1.82) is 0 Å². The maximum atomic E-state index is 10.6. The van der Waals surface area contributed by atoms with Crippen LogP contribution in [0.5, 0.6) is 0 Å². The van der Waals surface area contributed by atoms with Gasteiger partial charge in [-0.3, -0.25) is 0 Å². The van der Waals surface area contributed by atoms with E-state index in [0.717, 1.165) is 5.56 Å². The summed E-state index contributed by atoms with van der Waals surface area (Å²) in [7, 11) is 0. The molecule has 0 amide bonds. The Bertz CT molecular complexity index is 410. The van der Waals surface area contributed by atoms with Gasteiger partial charge < -0.3 is 35.7 Å². The largest absolute Gasteiger partial charge is 2.00 e. The van der Waals surface area contributed by atoms with Crippen molar-refractivity contribution < 1.29 is 47.8 Å². The van der Waals surface area contributed by atoms with Gasteiger partial charge in [-0.05, 0) is 18.1 Å². The summed E-state index contributed by atoms with van der Waals surface area (Å²) in [6.45, 7) is 0.977. The van der Waals surface area contributed by atoms with E-state index in [2.05, 4.69) is 0 Å². The Morgan fingerprint density at radius 1 is 1.05 bits per heavy atom. The average molecular weight is 337 g/mol. The SMILES string of the molecule is CCc1ccccc1N(CC(=O)[O-])CC(=O)[O-].[Cu+2].[OH3+].[OH3+]. The smallest absolute Gasteiger partial charge is 0.548 e. The Morgan fingerprint density at radius 2 is 1.50 bits per heavy atom. The fourth-order valence-corrected chi connectivity index (χ4v) is 1.66. The first kappa shape index (κ1) is 23.5. The van der Waals surface area contributed by atoms with Gasteiger partial charge in [0.05, 0.1) is 25.0 Å². The third-order valence-corrected chi connectivity index (χ3v) is 2.35. The summed E-state index contributed by atoms with van der Waals surface area (Å²) in [4.78, 5) is 22.4. The molecule has 0 saturated heterocycles. The predicted octanol–water partition coefficient (Wildman–Crippen LogP) is -3.29. The number of nitrogens with zero attached hydrogens (tertiary/aromatic N) is 1. The maximum absolute atomic E-state index is 10.6. The maximum Gasteiger partial charge on any atom is 2.00 e. The first-order chi connectivity index (χ1) is 8.04. The Kier molecular flexibility index (Phi) is 13.2. The standard InChI is InChI=1S/C12H15NO4.Cu.2H2O/c1-2-9-5-3-4-6-10(9)13(7-11(14)15)8-12(16)17;;;/h3-6H,2,7-8H2,1H3,(H,14,15)(H,16,17);;2*1H2/q;+2;;. The van der Waals surface area contributed by atoms with Gasteiger partial charge in [0.25, 0.3) is 0 Å². The molecule has 0 aromatic heterocycles. The number of carboxylic acids is 2. The summed E-state index contributed by atoms with van der Waals surface area (Å²) in [5, 5.41) is 21.2. The van der Waals surface area contributed by atoms with Crippen LogP contribution in [0.25, 0.3) is 0 Å². The number of carbonyl (C=O) groups is 2. The predicted molar refractivity (Wildman–Crippen MR) is 67.8 cm³/mol. The normalized spacial score (nSPS) is 8.45. The Balaban J connectivity index is -0.000000963. The number of aliphatic carboxylic acids is 2. The molecule has 7 nitrogen and oxygen atoms in total. The number of hydrogen-bond donors (Lipinski definition) is 0. The molecule has 0 unspecified atom stereocenters. The molecule has 20 heavy (non-hydrogen) atoms. The minimum absolute atomic E-state index is 0. The van der Waals surface area contributed by atoms with Crippen LogP contribution in [-0.4, -0.2) is 25.0 Å². The van der Waals surface area contributed by atoms with E-state index in [0.29, 0.717) is 12.1 Å². The van der Waals surface area contributed by atoms with Crippen LogP contribution in [-0.2, 0) is 44.0 Å². The third kappa shape index (κ3) is 7.10. The van der Waals surface area contributed by atoms with Crippen molar-refractivity contribution in [2.24, 2.45) is 0 Å². The van der Waals surface area contributed by atoms with Crippen LogP contribution in [0.4, 0.5) is 5.69 Å². The van der Waals surface area contributed by atoms with Crippen molar-refractivity contribution in [2.45, 2.75) is 13.3 Å². The summed E-state index contributed by atoms with van der Waals surface area (Å²) in [6, 6.07) is 7.06. The van der Waals surface area contributed by atoms with E-state index in [4.69, 9.17) is 0 Å². The number of rotatable bonds is 6. The van der Waals surface area contributed by atoms with Crippen molar-refractivity contribution in [3.05, 3.63) is 29.8 Å². The van der Waals surface area contributed by atoms with Gasteiger partial charge in [0.1, 0.15) is 0 Å². The molecule has 8 heteroatoms. The average Bonchev–Trinajstić information content (AvgIpc) is 2.27. The van der Waals surface area contributed by atoms with Crippen molar-refractivity contribution in [2.75, 3.05) is 18.0 Å². The molecule has 6 N–H and O–H groups in total. The topological polar surface area (TPSA) is 150 Å². The fraction of sp³-hybridized carbons (Fsp3) is 0.333. The molecule has 0 saturated carbocycles. The van der Waals surface area contributed by atoms with E-state index in [1.165, 1.54) is 4.90 Å². The van der Waals surface area contributed by atoms with Crippen molar-refractivity contribution in [3.8, 4) is 0 Å². The minimum Gasteiger partial charge on any atom is -0.548 e. The van der Waals surface area contributed by atoms with Gasteiger partial charge in [0.2, 0.25) is 0 Å². The summed E-state index contributed by atoms with van der Waals surface area (Å²) in [5.41, 5.74) is 1.47. The molecule has 0 heterocycles. The minimum atomic E-state index is -1.32. The van der Waals surface area contributed by atoms with E-state index in [9.17, 15) is 19.8 Å². The van der Waals surface area contributed by atoms with Gasteiger partial charge in [-0.1, -0.05) is 25.1 Å². The Morgan fingerprint density at radius 3 is 1.90 bits per heavy atom. The summed E-state index contributed by atoms with van der Waals surface area (Å²) in [6.07, 6.45) is 0.687. The zero-order valence-electron chi connectivity index (χ0n) is 11.0. The quantitative estimate of drug-likeness (QED) is 0.394. The monoisotopic (exact) mass is 336 g/mol. The number of hydrogen-bond acceptors (Lipinski definition) is 5. The molecule has 0 atom stereocenters. The molecule has 0 aliphatic rings. The number of carbonyl (C=O) groups excluding carboxylic acids is 2. The number of aryl methyl sites for hydroxylation is 1. The second kappa shape index (κ2) is 11.2. The Labute approximate surface area is 127 Å². The first-order valence-electron chi connectivity index (χ1n) is 5.27. The van der Waals surface area contributed by atoms with Crippen molar-refractivity contribution >= 4 is 17.6 Å². The molecule has 1 radical (unpaired) electrons. The number of benzene rings is 1.